The number of benzene rings is 1. The number of carbonyl (C=O) groups is 1. The van der Waals surface area contributed by atoms with Crippen LogP contribution in [0.1, 0.15) is 15.4 Å². The van der Waals surface area contributed by atoms with Crippen molar-refractivity contribution in [3.63, 3.8) is 0 Å². The fourth-order valence-electron chi connectivity index (χ4n) is 1.85. The van der Waals surface area contributed by atoms with E-state index in [1.54, 1.807) is 30.5 Å². The maximum Gasteiger partial charge on any atom is 0.289 e. The number of hydrogen-bond donors (Lipinski definition) is 2. The molecule has 3 aromatic rings. The van der Waals surface area contributed by atoms with Gasteiger partial charge >= 0.3 is 0 Å². The lowest BCUT2D eigenvalue weighted by Gasteiger charge is -2.00. The van der Waals surface area contributed by atoms with Gasteiger partial charge in [-0.15, -0.1) is 11.3 Å². The molecule has 3 rings (SSSR count). The average molecular weight is 365 g/mol. The van der Waals surface area contributed by atoms with E-state index < -0.39 is 0 Å². The highest BCUT2D eigenvalue weighted by Crippen LogP contribution is 2.29. The molecule has 0 saturated carbocycles. The van der Waals surface area contributed by atoms with Crippen LogP contribution in [0.4, 0.5) is 0 Å². The van der Waals surface area contributed by atoms with Crippen molar-refractivity contribution < 1.29 is 4.79 Å². The fourth-order valence-corrected chi connectivity index (χ4v) is 2.94. The second-order valence-corrected chi connectivity index (χ2v) is 6.33. The summed E-state index contributed by atoms with van der Waals surface area (Å²) in [6, 6.07) is 10.5. The summed E-state index contributed by atoms with van der Waals surface area (Å²) in [5, 5.41) is 13.6. The van der Waals surface area contributed by atoms with Gasteiger partial charge in [-0.2, -0.15) is 10.2 Å². The first kappa shape index (κ1) is 15.7. The molecule has 5 nitrogen and oxygen atoms in total. The maximum absolute atomic E-state index is 12.0. The molecule has 0 fully saturated rings. The van der Waals surface area contributed by atoms with Crippen molar-refractivity contribution in [2.45, 2.75) is 0 Å². The zero-order valence-corrected chi connectivity index (χ0v) is 13.9. The SMILES string of the molecule is O=C(N/N=C/c1cccs1)c1cc(-c2ccc(Cl)cc2Cl)n[nH]1. The quantitative estimate of drug-likeness (QED) is 0.537. The molecule has 0 aliphatic carbocycles. The lowest BCUT2D eigenvalue weighted by Crippen LogP contribution is -2.17. The third-order valence-electron chi connectivity index (χ3n) is 2.93. The molecular weight excluding hydrogens is 355 g/mol. The van der Waals surface area contributed by atoms with Gasteiger partial charge < -0.3 is 0 Å². The van der Waals surface area contributed by atoms with E-state index in [0.717, 1.165) is 4.88 Å². The van der Waals surface area contributed by atoms with Gasteiger partial charge in [-0.25, -0.2) is 5.43 Å². The molecule has 0 saturated heterocycles. The van der Waals surface area contributed by atoms with Crippen LogP contribution in [-0.2, 0) is 0 Å². The Labute approximate surface area is 145 Å². The summed E-state index contributed by atoms with van der Waals surface area (Å²) in [5.74, 6) is -0.387. The normalized spacial score (nSPS) is 11.0. The average Bonchev–Trinajstić information content (AvgIpc) is 3.18. The monoisotopic (exact) mass is 364 g/mol. The van der Waals surface area contributed by atoms with Crippen molar-refractivity contribution in [1.82, 2.24) is 15.6 Å². The summed E-state index contributed by atoms with van der Waals surface area (Å²) in [5.41, 5.74) is 3.97. The largest absolute Gasteiger partial charge is 0.289 e. The van der Waals surface area contributed by atoms with Crippen LogP contribution in [0, 0.1) is 0 Å². The van der Waals surface area contributed by atoms with E-state index in [2.05, 4.69) is 20.7 Å². The van der Waals surface area contributed by atoms with Gasteiger partial charge in [0.15, 0.2) is 0 Å². The van der Waals surface area contributed by atoms with Crippen LogP contribution in [0.2, 0.25) is 10.0 Å². The Morgan fingerprint density at radius 3 is 2.91 bits per heavy atom. The first-order valence-electron chi connectivity index (χ1n) is 6.51. The minimum absolute atomic E-state index is 0.286. The van der Waals surface area contributed by atoms with Crippen molar-refractivity contribution in [3.8, 4) is 11.3 Å². The summed E-state index contributed by atoms with van der Waals surface area (Å²) in [7, 11) is 0. The predicted molar refractivity (Wildman–Crippen MR) is 93.4 cm³/mol. The van der Waals surface area contributed by atoms with Gasteiger partial charge in [-0.1, -0.05) is 29.3 Å². The number of halogens is 2. The summed E-state index contributed by atoms with van der Waals surface area (Å²) in [6.45, 7) is 0. The molecule has 8 heteroatoms. The number of nitrogens with zero attached hydrogens (tertiary/aromatic N) is 2. The lowest BCUT2D eigenvalue weighted by molar-refractivity contribution is 0.0950. The number of H-pyrrole nitrogens is 1. The molecule has 0 radical (unpaired) electrons. The molecule has 1 aromatic carbocycles. The molecule has 1 amide bonds. The van der Waals surface area contributed by atoms with Crippen LogP contribution >= 0.6 is 34.5 Å². The predicted octanol–water partition coefficient (Wildman–Crippen LogP) is 4.21. The molecule has 0 atom stereocenters. The number of aromatic amines is 1. The van der Waals surface area contributed by atoms with Crippen LogP contribution < -0.4 is 5.43 Å². The van der Waals surface area contributed by atoms with Gasteiger partial charge in [-0.05, 0) is 35.7 Å². The molecule has 2 N–H and O–H groups in total. The fraction of sp³-hybridized carbons (Fsp3) is 0. The number of amides is 1. The maximum atomic E-state index is 12.0. The Morgan fingerprint density at radius 1 is 1.30 bits per heavy atom. The smallest absolute Gasteiger partial charge is 0.272 e. The number of thiophene rings is 1. The summed E-state index contributed by atoms with van der Waals surface area (Å²) >= 11 is 13.5. The second kappa shape index (κ2) is 6.95. The van der Waals surface area contributed by atoms with Crippen LogP contribution in [0.5, 0.6) is 0 Å². The van der Waals surface area contributed by atoms with Crippen LogP contribution in [0.25, 0.3) is 11.3 Å². The van der Waals surface area contributed by atoms with Crippen molar-refractivity contribution >= 4 is 46.7 Å². The van der Waals surface area contributed by atoms with Gasteiger partial charge in [0.05, 0.1) is 16.9 Å². The zero-order valence-electron chi connectivity index (χ0n) is 11.6. The molecule has 0 spiro atoms. The zero-order chi connectivity index (χ0) is 16.2. The molecule has 0 aliphatic rings. The van der Waals surface area contributed by atoms with E-state index >= 15 is 0 Å². The Kier molecular flexibility index (Phi) is 4.76. The standard InChI is InChI=1S/C15H10Cl2N4OS/c16-9-3-4-11(12(17)6-9)13-7-14(20-19-13)15(22)21-18-8-10-2-1-5-23-10/h1-8H,(H,19,20)(H,21,22)/b18-8+. The number of aromatic nitrogens is 2. The van der Waals surface area contributed by atoms with Crippen LogP contribution in [0.15, 0.2) is 46.9 Å². The molecule has 0 bridgehead atoms. The molecular formula is C15H10Cl2N4OS. The number of carbonyl (C=O) groups excluding carboxylic acids is 1. The topological polar surface area (TPSA) is 70.1 Å². The Hall–Kier alpha value is -2.15. The number of rotatable bonds is 4. The summed E-state index contributed by atoms with van der Waals surface area (Å²) in [6.07, 6.45) is 1.58. The molecule has 116 valence electrons. The Balaban J connectivity index is 1.72. The van der Waals surface area contributed by atoms with Crippen molar-refractivity contribution in [3.05, 3.63) is 62.4 Å². The molecule has 2 heterocycles. The van der Waals surface area contributed by atoms with Crippen molar-refractivity contribution in [1.29, 1.82) is 0 Å². The van der Waals surface area contributed by atoms with Gasteiger partial charge in [0.2, 0.25) is 0 Å². The van der Waals surface area contributed by atoms with E-state index in [0.29, 0.717) is 21.3 Å². The second-order valence-electron chi connectivity index (χ2n) is 4.51. The third kappa shape index (κ3) is 3.79. The van der Waals surface area contributed by atoms with Gasteiger partial charge in [0.1, 0.15) is 5.69 Å². The lowest BCUT2D eigenvalue weighted by atomic mass is 10.1. The molecule has 0 unspecified atom stereocenters. The molecule has 0 aliphatic heterocycles. The Morgan fingerprint density at radius 2 is 2.17 bits per heavy atom. The molecule has 2 aromatic heterocycles. The van der Waals surface area contributed by atoms with Crippen molar-refractivity contribution in [2.75, 3.05) is 0 Å². The number of hydrazone groups is 1. The number of hydrogen-bond acceptors (Lipinski definition) is 4. The first-order valence-corrected chi connectivity index (χ1v) is 8.15. The minimum Gasteiger partial charge on any atom is -0.272 e. The van der Waals surface area contributed by atoms with Crippen LogP contribution in [-0.4, -0.2) is 22.3 Å². The van der Waals surface area contributed by atoms with E-state index in [4.69, 9.17) is 23.2 Å². The van der Waals surface area contributed by atoms with Crippen molar-refractivity contribution in [2.24, 2.45) is 5.10 Å². The van der Waals surface area contributed by atoms with E-state index in [1.165, 1.54) is 11.3 Å². The summed E-state index contributed by atoms with van der Waals surface area (Å²) in [4.78, 5) is 13.0. The third-order valence-corrected chi connectivity index (χ3v) is 4.29. The number of nitrogens with one attached hydrogen (secondary N) is 2. The highest BCUT2D eigenvalue weighted by molar-refractivity contribution is 7.11. The molecule has 23 heavy (non-hydrogen) atoms. The van der Waals surface area contributed by atoms with Gasteiger partial charge in [-0.3, -0.25) is 9.89 Å². The van der Waals surface area contributed by atoms with Gasteiger partial charge in [0, 0.05) is 15.5 Å². The van der Waals surface area contributed by atoms with Gasteiger partial charge in [0.25, 0.3) is 5.91 Å². The first-order chi connectivity index (χ1) is 11.1. The van der Waals surface area contributed by atoms with E-state index in [-0.39, 0.29) is 11.6 Å². The van der Waals surface area contributed by atoms with E-state index in [1.807, 2.05) is 17.5 Å². The minimum atomic E-state index is -0.387. The highest BCUT2D eigenvalue weighted by atomic mass is 35.5. The highest BCUT2D eigenvalue weighted by Gasteiger charge is 2.12. The summed E-state index contributed by atoms with van der Waals surface area (Å²) < 4.78 is 0. The Bertz CT molecular complexity index is 858. The van der Waals surface area contributed by atoms with Crippen LogP contribution in [0.3, 0.4) is 0 Å². The van der Waals surface area contributed by atoms with E-state index in [9.17, 15) is 4.79 Å².